The molecule has 0 bridgehead atoms. The SMILES string of the molecule is O=COc1ccc2cc(-c3ccccc3)n(-c3ccccc3)c2c1. The second kappa shape index (κ2) is 6.05. The highest BCUT2D eigenvalue weighted by Gasteiger charge is 2.13. The molecule has 3 aromatic carbocycles. The van der Waals surface area contributed by atoms with Gasteiger partial charge in [-0.05, 0) is 35.9 Å². The fraction of sp³-hybridized carbons (Fsp3) is 0. The highest BCUT2D eigenvalue weighted by Crippen LogP contribution is 2.33. The van der Waals surface area contributed by atoms with Gasteiger partial charge in [0.2, 0.25) is 0 Å². The number of hydrogen-bond donors (Lipinski definition) is 0. The van der Waals surface area contributed by atoms with Gasteiger partial charge in [-0.1, -0.05) is 48.5 Å². The first kappa shape index (κ1) is 14.3. The van der Waals surface area contributed by atoms with Crippen molar-refractivity contribution in [1.82, 2.24) is 4.57 Å². The van der Waals surface area contributed by atoms with E-state index in [2.05, 4.69) is 34.9 Å². The number of para-hydroxylation sites is 1. The molecule has 0 saturated heterocycles. The molecule has 0 atom stereocenters. The summed E-state index contributed by atoms with van der Waals surface area (Å²) in [5, 5.41) is 1.09. The van der Waals surface area contributed by atoms with Gasteiger partial charge < -0.3 is 9.30 Å². The molecule has 4 rings (SSSR count). The Morgan fingerprint density at radius 1 is 0.792 bits per heavy atom. The third kappa shape index (κ3) is 2.46. The number of benzene rings is 3. The minimum absolute atomic E-state index is 0.453. The summed E-state index contributed by atoms with van der Waals surface area (Å²) in [7, 11) is 0. The van der Waals surface area contributed by atoms with Crippen molar-refractivity contribution < 1.29 is 9.53 Å². The Morgan fingerprint density at radius 3 is 2.21 bits per heavy atom. The van der Waals surface area contributed by atoms with Gasteiger partial charge in [0.05, 0.1) is 11.2 Å². The summed E-state index contributed by atoms with van der Waals surface area (Å²) in [6.07, 6.45) is 0. The molecule has 0 spiro atoms. The maximum Gasteiger partial charge on any atom is 0.298 e. The van der Waals surface area contributed by atoms with Crippen molar-refractivity contribution in [2.45, 2.75) is 0 Å². The molecular formula is C21H15NO2. The summed E-state index contributed by atoms with van der Waals surface area (Å²) in [5.41, 5.74) is 4.30. The van der Waals surface area contributed by atoms with Crippen molar-refractivity contribution >= 4 is 17.4 Å². The van der Waals surface area contributed by atoms with E-state index < -0.39 is 0 Å². The normalized spacial score (nSPS) is 10.7. The summed E-state index contributed by atoms with van der Waals surface area (Å²) in [6, 6.07) is 28.3. The number of carbonyl (C=O) groups is 1. The van der Waals surface area contributed by atoms with Gasteiger partial charge in [-0.3, -0.25) is 4.79 Å². The van der Waals surface area contributed by atoms with Crippen molar-refractivity contribution in [1.29, 1.82) is 0 Å². The molecule has 0 radical (unpaired) electrons. The van der Waals surface area contributed by atoms with E-state index in [0.29, 0.717) is 12.2 Å². The van der Waals surface area contributed by atoms with Gasteiger partial charge in [-0.2, -0.15) is 0 Å². The lowest BCUT2D eigenvalue weighted by atomic mass is 10.1. The second-order valence-corrected chi connectivity index (χ2v) is 5.50. The van der Waals surface area contributed by atoms with Crippen LogP contribution in [0.4, 0.5) is 0 Å². The first-order chi connectivity index (χ1) is 11.9. The maximum atomic E-state index is 10.7. The van der Waals surface area contributed by atoms with Crippen molar-refractivity contribution in [2.75, 3.05) is 0 Å². The fourth-order valence-corrected chi connectivity index (χ4v) is 2.99. The van der Waals surface area contributed by atoms with Crippen LogP contribution in [0, 0.1) is 0 Å². The number of rotatable bonds is 4. The minimum Gasteiger partial charge on any atom is -0.429 e. The first-order valence-electron chi connectivity index (χ1n) is 7.73. The molecule has 3 heteroatoms. The van der Waals surface area contributed by atoms with Gasteiger partial charge in [0, 0.05) is 17.1 Å². The number of fused-ring (bicyclic) bond motifs is 1. The van der Waals surface area contributed by atoms with Crippen molar-refractivity contribution in [3.63, 3.8) is 0 Å². The van der Waals surface area contributed by atoms with Gasteiger partial charge in [0.25, 0.3) is 6.47 Å². The highest BCUT2D eigenvalue weighted by molar-refractivity contribution is 5.90. The van der Waals surface area contributed by atoms with E-state index in [4.69, 9.17) is 4.74 Å². The van der Waals surface area contributed by atoms with Gasteiger partial charge in [-0.25, -0.2) is 0 Å². The minimum atomic E-state index is 0.453. The molecule has 4 aromatic rings. The molecule has 0 aliphatic heterocycles. The Morgan fingerprint density at radius 2 is 1.50 bits per heavy atom. The highest BCUT2D eigenvalue weighted by atomic mass is 16.5. The van der Waals surface area contributed by atoms with Crippen LogP contribution in [0.15, 0.2) is 84.9 Å². The number of nitrogens with zero attached hydrogens (tertiary/aromatic N) is 1. The largest absolute Gasteiger partial charge is 0.429 e. The Balaban J connectivity index is 2.03. The summed E-state index contributed by atoms with van der Waals surface area (Å²) < 4.78 is 7.21. The Kier molecular flexibility index (Phi) is 3.60. The zero-order valence-corrected chi connectivity index (χ0v) is 12.9. The zero-order chi connectivity index (χ0) is 16.4. The van der Waals surface area contributed by atoms with E-state index in [9.17, 15) is 4.79 Å². The predicted molar refractivity (Wildman–Crippen MR) is 95.4 cm³/mol. The van der Waals surface area contributed by atoms with Crippen LogP contribution in [0.25, 0.3) is 27.8 Å². The van der Waals surface area contributed by atoms with Crippen LogP contribution in [0.2, 0.25) is 0 Å². The molecule has 0 saturated carbocycles. The van der Waals surface area contributed by atoms with Crippen LogP contribution in [-0.4, -0.2) is 11.0 Å². The number of hydrogen-bond acceptors (Lipinski definition) is 2. The molecule has 3 nitrogen and oxygen atoms in total. The quantitative estimate of drug-likeness (QED) is 0.505. The monoisotopic (exact) mass is 313 g/mol. The van der Waals surface area contributed by atoms with Crippen LogP contribution < -0.4 is 4.74 Å². The van der Waals surface area contributed by atoms with E-state index in [1.54, 1.807) is 6.07 Å². The molecule has 0 aliphatic rings. The molecule has 1 aromatic heterocycles. The smallest absolute Gasteiger partial charge is 0.298 e. The van der Waals surface area contributed by atoms with Crippen molar-refractivity contribution in [3.05, 3.63) is 84.9 Å². The van der Waals surface area contributed by atoms with E-state index in [1.807, 2.05) is 48.5 Å². The van der Waals surface area contributed by atoms with Crippen LogP contribution in [0.1, 0.15) is 0 Å². The lowest BCUT2D eigenvalue weighted by Gasteiger charge is -2.11. The van der Waals surface area contributed by atoms with Crippen LogP contribution >= 0.6 is 0 Å². The van der Waals surface area contributed by atoms with Gasteiger partial charge in [0.15, 0.2) is 0 Å². The molecule has 0 amide bonds. The topological polar surface area (TPSA) is 31.2 Å². The molecular weight excluding hydrogens is 298 g/mol. The molecule has 116 valence electrons. The Labute approximate surface area is 139 Å². The average molecular weight is 313 g/mol. The Hall–Kier alpha value is -3.33. The standard InChI is InChI=1S/C21H15NO2/c23-15-24-19-12-11-17-13-20(16-7-3-1-4-8-16)22(21(17)14-19)18-9-5-2-6-10-18/h1-15H. The third-order valence-electron chi connectivity index (χ3n) is 4.04. The summed E-state index contributed by atoms with van der Waals surface area (Å²) in [4.78, 5) is 10.7. The Bertz CT molecular complexity index is 988. The second-order valence-electron chi connectivity index (χ2n) is 5.50. The van der Waals surface area contributed by atoms with E-state index in [0.717, 1.165) is 27.8 Å². The predicted octanol–water partition coefficient (Wildman–Crippen LogP) is 4.83. The molecule has 24 heavy (non-hydrogen) atoms. The summed E-state index contributed by atoms with van der Waals surface area (Å²) >= 11 is 0. The van der Waals surface area contributed by atoms with Crippen molar-refractivity contribution in [3.8, 4) is 22.7 Å². The molecule has 0 fully saturated rings. The summed E-state index contributed by atoms with van der Waals surface area (Å²) in [5.74, 6) is 0.535. The molecule has 0 aliphatic carbocycles. The first-order valence-corrected chi connectivity index (χ1v) is 7.73. The van der Waals surface area contributed by atoms with Gasteiger partial charge in [-0.15, -0.1) is 0 Å². The van der Waals surface area contributed by atoms with Crippen LogP contribution in [0.5, 0.6) is 5.75 Å². The van der Waals surface area contributed by atoms with E-state index >= 15 is 0 Å². The van der Waals surface area contributed by atoms with Gasteiger partial charge in [0.1, 0.15) is 5.75 Å². The number of aromatic nitrogens is 1. The van der Waals surface area contributed by atoms with E-state index in [1.165, 1.54) is 0 Å². The van der Waals surface area contributed by atoms with Crippen LogP contribution in [-0.2, 0) is 4.79 Å². The van der Waals surface area contributed by atoms with Crippen LogP contribution in [0.3, 0.4) is 0 Å². The molecule has 0 unspecified atom stereocenters. The lowest BCUT2D eigenvalue weighted by molar-refractivity contribution is -0.120. The lowest BCUT2D eigenvalue weighted by Crippen LogP contribution is -1.97. The fourth-order valence-electron chi connectivity index (χ4n) is 2.99. The van der Waals surface area contributed by atoms with Crippen molar-refractivity contribution in [2.24, 2.45) is 0 Å². The molecule has 0 N–H and O–H groups in total. The summed E-state index contributed by atoms with van der Waals surface area (Å²) in [6.45, 7) is 0.453. The third-order valence-corrected chi connectivity index (χ3v) is 4.04. The van der Waals surface area contributed by atoms with Gasteiger partial charge >= 0.3 is 0 Å². The average Bonchev–Trinajstić information content (AvgIpc) is 3.02. The zero-order valence-electron chi connectivity index (χ0n) is 12.9. The molecule has 1 heterocycles. The van der Waals surface area contributed by atoms with E-state index in [-0.39, 0.29) is 0 Å². The number of ether oxygens (including phenoxy) is 1. The number of carbonyl (C=O) groups excluding carboxylic acids is 1. The maximum absolute atomic E-state index is 10.7.